The summed E-state index contributed by atoms with van der Waals surface area (Å²) < 4.78 is 0.942. The van der Waals surface area contributed by atoms with Crippen molar-refractivity contribution in [2.75, 3.05) is 17.2 Å². The first kappa shape index (κ1) is 12.6. The zero-order valence-corrected chi connectivity index (χ0v) is 11.3. The van der Waals surface area contributed by atoms with Crippen LogP contribution in [0.1, 0.15) is 0 Å². The number of carbonyl (C=O) groups excluding carboxylic acids is 1. The lowest BCUT2D eigenvalue weighted by molar-refractivity contribution is -0.114. The van der Waals surface area contributed by atoms with Gasteiger partial charge in [-0.1, -0.05) is 30.3 Å². The standard InChI is InChI=1S/C14H13BrN2O/c15-12-8-4-5-9-13(12)16-10-14(18)17-11-6-2-1-3-7-11/h1-9,16H,10H2,(H,17,18). The second-order valence-electron chi connectivity index (χ2n) is 3.75. The number of hydrogen-bond donors (Lipinski definition) is 2. The van der Waals surface area contributed by atoms with Crippen LogP contribution in [0.3, 0.4) is 0 Å². The van der Waals surface area contributed by atoms with Crippen molar-refractivity contribution in [1.82, 2.24) is 0 Å². The van der Waals surface area contributed by atoms with Gasteiger partial charge in [-0.3, -0.25) is 4.79 Å². The van der Waals surface area contributed by atoms with E-state index in [2.05, 4.69) is 26.6 Å². The van der Waals surface area contributed by atoms with Crippen molar-refractivity contribution in [3.63, 3.8) is 0 Å². The number of hydrogen-bond acceptors (Lipinski definition) is 2. The fourth-order valence-corrected chi connectivity index (χ4v) is 1.93. The van der Waals surface area contributed by atoms with Gasteiger partial charge in [0.15, 0.2) is 0 Å². The second-order valence-corrected chi connectivity index (χ2v) is 4.60. The molecule has 0 saturated heterocycles. The molecule has 0 aliphatic heterocycles. The van der Waals surface area contributed by atoms with Crippen LogP contribution in [0.4, 0.5) is 11.4 Å². The van der Waals surface area contributed by atoms with Crippen molar-refractivity contribution in [1.29, 1.82) is 0 Å². The number of para-hydroxylation sites is 2. The van der Waals surface area contributed by atoms with Gasteiger partial charge in [0, 0.05) is 15.8 Å². The average Bonchev–Trinajstić information content (AvgIpc) is 2.39. The minimum Gasteiger partial charge on any atom is -0.375 e. The van der Waals surface area contributed by atoms with Gasteiger partial charge in [0.25, 0.3) is 0 Å². The molecule has 2 N–H and O–H groups in total. The Bertz CT molecular complexity index is 528. The molecule has 92 valence electrons. The van der Waals surface area contributed by atoms with Crippen LogP contribution in [0.5, 0.6) is 0 Å². The molecule has 0 fully saturated rings. The molecule has 3 nitrogen and oxygen atoms in total. The molecule has 2 rings (SSSR count). The van der Waals surface area contributed by atoms with Crippen LogP contribution >= 0.6 is 15.9 Å². The first-order valence-electron chi connectivity index (χ1n) is 5.59. The summed E-state index contributed by atoms with van der Waals surface area (Å²) in [4.78, 5) is 11.7. The number of anilines is 2. The van der Waals surface area contributed by atoms with Crippen molar-refractivity contribution in [3.8, 4) is 0 Å². The molecule has 0 radical (unpaired) electrons. The third kappa shape index (κ3) is 3.60. The number of carbonyl (C=O) groups is 1. The van der Waals surface area contributed by atoms with Crippen molar-refractivity contribution >= 4 is 33.2 Å². The molecule has 18 heavy (non-hydrogen) atoms. The summed E-state index contributed by atoms with van der Waals surface area (Å²) in [7, 11) is 0. The predicted molar refractivity (Wildman–Crippen MR) is 77.7 cm³/mol. The molecular formula is C14H13BrN2O. The first-order chi connectivity index (χ1) is 8.75. The molecule has 0 aliphatic carbocycles. The second kappa shape index (κ2) is 6.21. The lowest BCUT2D eigenvalue weighted by atomic mass is 10.3. The largest absolute Gasteiger partial charge is 0.375 e. The highest BCUT2D eigenvalue weighted by Crippen LogP contribution is 2.20. The van der Waals surface area contributed by atoms with Crippen LogP contribution in [-0.2, 0) is 4.79 Å². The Morgan fingerprint density at radius 1 is 1.00 bits per heavy atom. The Morgan fingerprint density at radius 3 is 2.39 bits per heavy atom. The van der Waals surface area contributed by atoms with E-state index in [4.69, 9.17) is 0 Å². The lowest BCUT2D eigenvalue weighted by Crippen LogP contribution is -2.21. The number of benzene rings is 2. The quantitative estimate of drug-likeness (QED) is 0.907. The minimum absolute atomic E-state index is 0.0723. The summed E-state index contributed by atoms with van der Waals surface area (Å²) in [6.45, 7) is 0.234. The van der Waals surface area contributed by atoms with E-state index >= 15 is 0 Å². The molecule has 2 aromatic carbocycles. The maximum Gasteiger partial charge on any atom is 0.243 e. The van der Waals surface area contributed by atoms with Gasteiger partial charge in [0.1, 0.15) is 0 Å². The van der Waals surface area contributed by atoms with Crippen LogP contribution in [0.25, 0.3) is 0 Å². The first-order valence-corrected chi connectivity index (χ1v) is 6.38. The third-order valence-electron chi connectivity index (χ3n) is 2.37. The number of amides is 1. The summed E-state index contributed by atoms with van der Waals surface area (Å²) in [6.07, 6.45) is 0. The summed E-state index contributed by atoms with van der Waals surface area (Å²) >= 11 is 3.42. The highest BCUT2D eigenvalue weighted by atomic mass is 79.9. The molecule has 2 aromatic rings. The zero-order valence-electron chi connectivity index (χ0n) is 9.69. The molecule has 0 aromatic heterocycles. The summed E-state index contributed by atoms with van der Waals surface area (Å²) in [5, 5.41) is 5.89. The van der Waals surface area contributed by atoms with Gasteiger partial charge in [-0.15, -0.1) is 0 Å². The summed E-state index contributed by atoms with van der Waals surface area (Å²) in [6, 6.07) is 17.1. The van der Waals surface area contributed by atoms with Gasteiger partial charge in [0.05, 0.1) is 6.54 Å². The van der Waals surface area contributed by atoms with E-state index < -0.39 is 0 Å². The maximum absolute atomic E-state index is 11.7. The monoisotopic (exact) mass is 304 g/mol. The van der Waals surface area contributed by atoms with E-state index in [0.29, 0.717) is 0 Å². The zero-order chi connectivity index (χ0) is 12.8. The van der Waals surface area contributed by atoms with Crippen molar-refractivity contribution < 1.29 is 4.79 Å². The highest BCUT2D eigenvalue weighted by Gasteiger charge is 2.03. The topological polar surface area (TPSA) is 41.1 Å². The van der Waals surface area contributed by atoms with Gasteiger partial charge in [-0.05, 0) is 40.2 Å². The Balaban J connectivity index is 1.88. The SMILES string of the molecule is O=C(CNc1ccccc1Br)Nc1ccccc1. The fraction of sp³-hybridized carbons (Fsp3) is 0.0714. The van der Waals surface area contributed by atoms with Gasteiger partial charge >= 0.3 is 0 Å². The molecule has 0 atom stereocenters. The Morgan fingerprint density at radius 2 is 1.67 bits per heavy atom. The third-order valence-corrected chi connectivity index (χ3v) is 3.06. The molecule has 0 aliphatic rings. The molecule has 0 saturated carbocycles. The number of halogens is 1. The van der Waals surface area contributed by atoms with Crippen LogP contribution in [0.15, 0.2) is 59.1 Å². The smallest absolute Gasteiger partial charge is 0.243 e. The molecule has 0 heterocycles. The Hall–Kier alpha value is -1.81. The lowest BCUT2D eigenvalue weighted by Gasteiger charge is -2.08. The van der Waals surface area contributed by atoms with Crippen LogP contribution in [0, 0.1) is 0 Å². The van der Waals surface area contributed by atoms with Crippen LogP contribution in [0.2, 0.25) is 0 Å². The maximum atomic E-state index is 11.7. The van der Waals surface area contributed by atoms with E-state index in [0.717, 1.165) is 15.8 Å². The Labute approximate surface area is 114 Å². The predicted octanol–water partition coefficient (Wildman–Crippen LogP) is 3.50. The number of nitrogens with one attached hydrogen (secondary N) is 2. The normalized spacial score (nSPS) is 9.83. The van der Waals surface area contributed by atoms with E-state index in [1.165, 1.54) is 0 Å². The molecule has 0 bridgehead atoms. The van der Waals surface area contributed by atoms with E-state index in [-0.39, 0.29) is 12.5 Å². The summed E-state index contributed by atoms with van der Waals surface area (Å²) in [5.41, 5.74) is 1.71. The number of rotatable bonds is 4. The van der Waals surface area contributed by atoms with Crippen LogP contribution < -0.4 is 10.6 Å². The average molecular weight is 305 g/mol. The van der Waals surface area contributed by atoms with Crippen LogP contribution in [-0.4, -0.2) is 12.5 Å². The van der Waals surface area contributed by atoms with E-state index in [9.17, 15) is 4.79 Å². The van der Waals surface area contributed by atoms with Gasteiger partial charge in [-0.25, -0.2) is 0 Å². The fourth-order valence-electron chi connectivity index (χ4n) is 1.51. The van der Waals surface area contributed by atoms with Gasteiger partial charge < -0.3 is 10.6 Å². The molecule has 0 unspecified atom stereocenters. The highest BCUT2D eigenvalue weighted by molar-refractivity contribution is 9.10. The van der Waals surface area contributed by atoms with Gasteiger partial charge in [0.2, 0.25) is 5.91 Å². The Kier molecular flexibility index (Phi) is 4.36. The molecule has 4 heteroatoms. The minimum atomic E-state index is -0.0723. The van der Waals surface area contributed by atoms with Crippen molar-refractivity contribution in [3.05, 3.63) is 59.1 Å². The van der Waals surface area contributed by atoms with Crippen molar-refractivity contribution in [2.45, 2.75) is 0 Å². The van der Waals surface area contributed by atoms with E-state index in [1.54, 1.807) is 0 Å². The summed E-state index contributed by atoms with van der Waals surface area (Å²) in [5.74, 6) is -0.0723. The van der Waals surface area contributed by atoms with Gasteiger partial charge in [-0.2, -0.15) is 0 Å². The molecule has 1 amide bonds. The van der Waals surface area contributed by atoms with E-state index in [1.807, 2.05) is 54.6 Å². The molecular weight excluding hydrogens is 292 g/mol. The van der Waals surface area contributed by atoms with Crippen molar-refractivity contribution in [2.24, 2.45) is 0 Å². The molecule has 0 spiro atoms.